The smallest absolute Gasteiger partial charge is 0.232 e. The Balaban J connectivity index is 1.74. The zero-order valence-corrected chi connectivity index (χ0v) is 16.6. The summed E-state index contributed by atoms with van der Waals surface area (Å²) in [7, 11) is 0. The van der Waals surface area contributed by atoms with Gasteiger partial charge in [0.05, 0.1) is 23.0 Å². The Morgan fingerprint density at radius 1 is 1.17 bits per heavy atom. The summed E-state index contributed by atoms with van der Waals surface area (Å²) >= 11 is 0. The molecule has 1 unspecified atom stereocenters. The minimum absolute atomic E-state index is 0.0685. The molecule has 1 amide bonds. The number of rotatable bonds is 7. The van der Waals surface area contributed by atoms with Crippen molar-refractivity contribution >= 4 is 11.6 Å². The number of amides is 1. The van der Waals surface area contributed by atoms with E-state index in [9.17, 15) is 13.6 Å². The van der Waals surface area contributed by atoms with Crippen molar-refractivity contribution in [2.24, 2.45) is 0 Å². The van der Waals surface area contributed by atoms with Gasteiger partial charge in [0.1, 0.15) is 5.82 Å². The molecule has 152 valence electrons. The topological polar surface area (TPSA) is 56.2 Å². The molecule has 0 saturated carbocycles. The van der Waals surface area contributed by atoms with Crippen LogP contribution in [-0.4, -0.2) is 15.7 Å². The van der Waals surface area contributed by atoms with Crippen LogP contribution in [0, 0.1) is 25.5 Å². The van der Waals surface area contributed by atoms with Crippen molar-refractivity contribution in [2.45, 2.75) is 39.8 Å². The predicted molar refractivity (Wildman–Crippen MR) is 107 cm³/mol. The molecule has 0 aliphatic carbocycles. The second-order valence-electron chi connectivity index (χ2n) is 6.75. The predicted octanol–water partition coefficient (Wildman–Crippen LogP) is 4.95. The quantitative estimate of drug-likeness (QED) is 0.612. The summed E-state index contributed by atoms with van der Waals surface area (Å²) in [5, 5.41) is 7.33. The molecule has 29 heavy (non-hydrogen) atoms. The average molecular weight is 399 g/mol. The fourth-order valence-electron chi connectivity index (χ4n) is 3.19. The van der Waals surface area contributed by atoms with E-state index >= 15 is 0 Å². The van der Waals surface area contributed by atoms with Gasteiger partial charge in [-0.1, -0.05) is 37.3 Å². The van der Waals surface area contributed by atoms with Gasteiger partial charge in [-0.25, -0.2) is 13.5 Å². The lowest BCUT2D eigenvalue weighted by atomic mass is 9.95. The first kappa shape index (κ1) is 20.5. The molecule has 2 aromatic carbocycles. The van der Waals surface area contributed by atoms with E-state index in [0.717, 1.165) is 17.7 Å². The maximum Gasteiger partial charge on any atom is 0.232 e. The van der Waals surface area contributed by atoms with Crippen molar-refractivity contribution in [3.63, 3.8) is 0 Å². The molecule has 1 atom stereocenters. The van der Waals surface area contributed by atoms with Gasteiger partial charge in [-0.05, 0) is 38.0 Å². The maximum atomic E-state index is 13.7. The van der Waals surface area contributed by atoms with E-state index in [1.54, 1.807) is 13.8 Å². The third kappa shape index (κ3) is 4.62. The zero-order valence-electron chi connectivity index (χ0n) is 16.6. The van der Waals surface area contributed by atoms with Gasteiger partial charge in [0.2, 0.25) is 5.91 Å². The summed E-state index contributed by atoms with van der Waals surface area (Å²) in [6, 6.07) is 12.7. The number of ether oxygens (including phenoxy) is 1. The van der Waals surface area contributed by atoms with Crippen LogP contribution in [0.2, 0.25) is 0 Å². The second kappa shape index (κ2) is 8.86. The van der Waals surface area contributed by atoms with Gasteiger partial charge in [0.25, 0.3) is 0 Å². The summed E-state index contributed by atoms with van der Waals surface area (Å²) in [5.74, 6) is -1.92. The largest absolute Gasteiger partial charge is 0.468 e. The molecular formula is C22H23F2N3O2. The number of carbonyl (C=O) groups excluding carboxylic acids is 1. The summed E-state index contributed by atoms with van der Waals surface area (Å²) in [6.07, 6.45) is 0.662. The molecular weight excluding hydrogens is 376 g/mol. The fraction of sp³-hybridized carbons (Fsp3) is 0.273. The molecule has 1 heterocycles. The highest BCUT2D eigenvalue weighted by atomic mass is 19.1. The minimum atomic E-state index is -0.784. The lowest BCUT2D eigenvalue weighted by molar-refractivity contribution is -0.117. The zero-order chi connectivity index (χ0) is 21.0. The van der Waals surface area contributed by atoms with Crippen molar-refractivity contribution in [2.75, 3.05) is 5.32 Å². The minimum Gasteiger partial charge on any atom is -0.468 e. The number of aryl methyl sites for hydroxylation is 1. The summed E-state index contributed by atoms with van der Waals surface area (Å²) < 4.78 is 33.7. The van der Waals surface area contributed by atoms with Crippen LogP contribution >= 0.6 is 0 Å². The monoisotopic (exact) mass is 399 g/mol. The van der Waals surface area contributed by atoms with Gasteiger partial charge in [-0.3, -0.25) is 4.79 Å². The lowest BCUT2D eigenvalue weighted by Gasteiger charge is -2.16. The Kier molecular flexibility index (Phi) is 6.26. The summed E-state index contributed by atoms with van der Waals surface area (Å²) in [6.45, 7) is 5.47. The maximum absolute atomic E-state index is 13.7. The Hall–Kier alpha value is -3.22. The highest BCUT2D eigenvalue weighted by molar-refractivity contribution is 5.96. The molecule has 3 rings (SSSR count). The number of nitrogens with one attached hydrogen (secondary N) is 1. The van der Waals surface area contributed by atoms with Crippen molar-refractivity contribution < 1.29 is 18.3 Å². The van der Waals surface area contributed by atoms with Crippen LogP contribution in [-0.2, 0) is 11.5 Å². The number of anilines is 1. The first-order chi connectivity index (χ1) is 13.9. The molecule has 1 aromatic heterocycles. The normalized spacial score (nSPS) is 11.9. The standard InChI is InChI=1S/C22H23F2N3O2/c1-4-18(16-8-6-5-7-9-16)22(28)25-21-14(2)26-27(15(21)3)13-29-20-11-10-17(23)12-19(20)24/h5-12,18H,4,13H2,1-3H3,(H,25,28). The van der Waals surface area contributed by atoms with Crippen LogP contribution in [0.5, 0.6) is 5.75 Å². The van der Waals surface area contributed by atoms with E-state index < -0.39 is 11.6 Å². The van der Waals surface area contributed by atoms with Crippen LogP contribution < -0.4 is 10.1 Å². The molecule has 0 bridgehead atoms. The van der Waals surface area contributed by atoms with Gasteiger partial charge in [0.15, 0.2) is 18.3 Å². The van der Waals surface area contributed by atoms with Crippen LogP contribution in [0.25, 0.3) is 0 Å². The molecule has 3 aromatic rings. The summed E-state index contributed by atoms with van der Waals surface area (Å²) in [4.78, 5) is 12.8. The Bertz CT molecular complexity index is 1000. The molecule has 0 aliphatic heterocycles. The fourth-order valence-corrected chi connectivity index (χ4v) is 3.19. The van der Waals surface area contributed by atoms with Crippen LogP contribution in [0.15, 0.2) is 48.5 Å². The van der Waals surface area contributed by atoms with Crippen molar-refractivity contribution in [3.8, 4) is 5.75 Å². The second-order valence-corrected chi connectivity index (χ2v) is 6.75. The SMILES string of the molecule is CCC(C(=O)Nc1c(C)nn(COc2ccc(F)cc2F)c1C)c1ccccc1. The first-order valence-electron chi connectivity index (χ1n) is 9.38. The molecule has 0 spiro atoms. The van der Waals surface area contributed by atoms with Gasteiger partial charge in [-0.15, -0.1) is 0 Å². The number of hydrogen-bond donors (Lipinski definition) is 1. The summed E-state index contributed by atoms with van der Waals surface area (Å²) in [5.41, 5.74) is 2.86. The van der Waals surface area contributed by atoms with E-state index in [1.807, 2.05) is 37.3 Å². The van der Waals surface area contributed by atoms with E-state index in [4.69, 9.17) is 4.74 Å². The van der Waals surface area contributed by atoms with Gasteiger partial charge in [-0.2, -0.15) is 5.10 Å². The van der Waals surface area contributed by atoms with Crippen LogP contribution in [0.4, 0.5) is 14.5 Å². The first-order valence-corrected chi connectivity index (χ1v) is 9.38. The van der Waals surface area contributed by atoms with E-state index in [1.165, 1.54) is 10.7 Å². The molecule has 0 saturated heterocycles. The molecule has 7 heteroatoms. The van der Waals surface area contributed by atoms with Crippen LogP contribution in [0.1, 0.15) is 36.2 Å². The van der Waals surface area contributed by atoms with Crippen molar-refractivity contribution in [1.82, 2.24) is 9.78 Å². The van der Waals surface area contributed by atoms with Crippen molar-refractivity contribution in [3.05, 3.63) is 77.1 Å². The lowest BCUT2D eigenvalue weighted by Crippen LogP contribution is -2.21. The Morgan fingerprint density at radius 3 is 2.55 bits per heavy atom. The van der Waals surface area contributed by atoms with E-state index in [0.29, 0.717) is 23.5 Å². The molecule has 5 nitrogen and oxygen atoms in total. The molecule has 0 radical (unpaired) electrons. The van der Waals surface area contributed by atoms with E-state index in [-0.39, 0.29) is 24.3 Å². The van der Waals surface area contributed by atoms with Gasteiger partial charge < -0.3 is 10.1 Å². The number of benzene rings is 2. The highest BCUT2D eigenvalue weighted by Gasteiger charge is 2.22. The number of carbonyl (C=O) groups is 1. The molecule has 0 fully saturated rings. The number of hydrogen-bond acceptors (Lipinski definition) is 3. The van der Waals surface area contributed by atoms with Crippen LogP contribution in [0.3, 0.4) is 0 Å². The molecule has 1 N–H and O–H groups in total. The third-order valence-corrected chi connectivity index (χ3v) is 4.79. The Labute approximate surface area is 168 Å². The number of aromatic nitrogens is 2. The number of nitrogens with zero attached hydrogens (tertiary/aromatic N) is 2. The highest BCUT2D eigenvalue weighted by Crippen LogP contribution is 2.25. The molecule has 0 aliphatic rings. The number of halogens is 2. The van der Waals surface area contributed by atoms with Crippen molar-refractivity contribution in [1.29, 1.82) is 0 Å². The average Bonchev–Trinajstić information content (AvgIpc) is 2.96. The third-order valence-electron chi connectivity index (χ3n) is 4.79. The van der Waals surface area contributed by atoms with Gasteiger partial charge in [0, 0.05) is 6.07 Å². The Morgan fingerprint density at radius 2 is 1.90 bits per heavy atom. The van der Waals surface area contributed by atoms with E-state index in [2.05, 4.69) is 10.4 Å². The van der Waals surface area contributed by atoms with Gasteiger partial charge >= 0.3 is 0 Å².